The van der Waals surface area contributed by atoms with Gasteiger partial charge in [0.1, 0.15) is 6.10 Å². The molecule has 43 heavy (non-hydrogen) atoms. The first-order valence-corrected chi connectivity index (χ1v) is 16.0. The fraction of sp³-hybridized carbons (Fsp3) is 0.486. The van der Waals surface area contributed by atoms with Crippen LogP contribution in [0.5, 0.6) is 0 Å². The van der Waals surface area contributed by atoms with Crippen LogP contribution in [0.25, 0.3) is 0 Å². The molecule has 2 N–H and O–H groups in total. The van der Waals surface area contributed by atoms with E-state index < -0.39 is 17.7 Å². The number of para-hydroxylation sites is 1. The molecule has 3 aromatic rings. The molecule has 3 nitrogen and oxygen atoms in total. The third-order valence-corrected chi connectivity index (χ3v) is 10.1. The summed E-state index contributed by atoms with van der Waals surface area (Å²) in [6.07, 6.45) is 8.44. The average Bonchev–Trinajstić information content (AvgIpc) is 3.02. The third-order valence-electron chi connectivity index (χ3n) is 10.1. The predicted molar refractivity (Wildman–Crippen MR) is 166 cm³/mol. The molecule has 0 heterocycles. The fourth-order valence-corrected chi connectivity index (χ4v) is 7.52. The largest absolute Gasteiger partial charge is 0.459 e. The molecule has 0 aliphatic heterocycles. The topological polar surface area (TPSA) is 52.3 Å². The van der Waals surface area contributed by atoms with Crippen LogP contribution >= 0.6 is 0 Å². The molecule has 2 aliphatic carbocycles. The van der Waals surface area contributed by atoms with E-state index in [0.717, 1.165) is 61.4 Å². The maximum Gasteiger partial charge on any atom is 0.416 e. The van der Waals surface area contributed by atoms with Crippen LogP contribution in [-0.2, 0) is 22.7 Å². The Hall–Kier alpha value is -3.28. The van der Waals surface area contributed by atoms with Crippen molar-refractivity contribution in [2.75, 3.05) is 5.73 Å². The Balaban J connectivity index is 1.26. The number of benzene rings is 3. The molecule has 6 heteroatoms. The smallest absolute Gasteiger partial charge is 0.416 e. The van der Waals surface area contributed by atoms with Crippen LogP contribution < -0.4 is 5.73 Å². The Morgan fingerprint density at radius 1 is 0.884 bits per heavy atom. The summed E-state index contributed by atoms with van der Waals surface area (Å²) in [5.74, 6) is 0.767. The van der Waals surface area contributed by atoms with E-state index in [4.69, 9.17) is 10.5 Å². The molecule has 2 fully saturated rings. The lowest BCUT2D eigenvalue weighted by molar-refractivity contribution is -0.137. The standard InChI is InChI=1S/C37H44F3NO2/c1-2-3-6-26-21-23-36(24-22-26,30-13-9-27(10-14-30)25-29-7-4-5-8-34(29)41)31-17-19-33(20-18-31)43-35(42)28-11-15-32(16-12-28)37(38,39)40/h4-5,7-16,26,31,33H,2-3,6,17-25,41H2,1H3. The van der Waals surface area contributed by atoms with Gasteiger partial charge in [-0.25, -0.2) is 4.79 Å². The highest BCUT2D eigenvalue weighted by atomic mass is 19.4. The number of esters is 1. The number of hydrogen-bond acceptors (Lipinski definition) is 3. The van der Waals surface area contributed by atoms with Gasteiger partial charge >= 0.3 is 12.1 Å². The maximum absolute atomic E-state index is 12.9. The van der Waals surface area contributed by atoms with Gasteiger partial charge in [-0.05, 0) is 122 Å². The highest BCUT2D eigenvalue weighted by Gasteiger charge is 2.44. The predicted octanol–water partition coefficient (Wildman–Crippen LogP) is 9.91. The molecule has 230 valence electrons. The van der Waals surface area contributed by atoms with Crippen LogP contribution in [0.2, 0.25) is 0 Å². The van der Waals surface area contributed by atoms with Crippen molar-refractivity contribution in [3.05, 3.63) is 101 Å². The Labute approximate surface area is 254 Å². The number of nitrogen functional groups attached to an aromatic ring is 1. The summed E-state index contributed by atoms with van der Waals surface area (Å²) in [6, 6.07) is 21.6. The minimum absolute atomic E-state index is 0.120. The number of anilines is 1. The van der Waals surface area contributed by atoms with Gasteiger partial charge in [0.25, 0.3) is 0 Å². The van der Waals surface area contributed by atoms with Gasteiger partial charge in [0.05, 0.1) is 11.1 Å². The lowest BCUT2D eigenvalue weighted by Gasteiger charge is -2.48. The number of alkyl halides is 3. The van der Waals surface area contributed by atoms with Crippen molar-refractivity contribution in [2.45, 2.75) is 102 Å². The molecule has 0 amide bonds. The van der Waals surface area contributed by atoms with Gasteiger partial charge in [0.2, 0.25) is 0 Å². The zero-order chi connectivity index (χ0) is 30.5. The van der Waals surface area contributed by atoms with Gasteiger partial charge in [-0.3, -0.25) is 0 Å². The molecule has 5 rings (SSSR count). The number of nitrogens with two attached hydrogens (primary N) is 1. The molecule has 0 radical (unpaired) electrons. The molecule has 2 saturated carbocycles. The Morgan fingerprint density at radius 3 is 2.14 bits per heavy atom. The normalized spacial score (nSPS) is 24.4. The summed E-state index contributed by atoms with van der Waals surface area (Å²) in [5, 5.41) is 0. The molecule has 0 spiro atoms. The summed E-state index contributed by atoms with van der Waals surface area (Å²) >= 11 is 0. The lowest BCUT2D eigenvalue weighted by Crippen LogP contribution is -2.42. The molecule has 0 unspecified atom stereocenters. The van der Waals surface area contributed by atoms with E-state index in [2.05, 4.69) is 37.3 Å². The van der Waals surface area contributed by atoms with Crippen molar-refractivity contribution in [1.29, 1.82) is 0 Å². The quantitative estimate of drug-likeness (QED) is 0.199. The van der Waals surface area contributed by atoms with Crippen molar-refractivity contribution < 1.29 is 22.7 Å². The van der Waals surface area contributed by atoms with Crippen molar-refractivity contribution in [1.82, 2.24) is 0 Å². The molecule has 0 atom stereocenters. The number of carbonyl (C=O) groups is 1. The van der Waals surface area contributed by atoms with Crippen molar-refractivity contribution >= 4 is 11.7 Å². The second-order valence-electron chi connectivity index (χ2n) is 12.8. The van der Waals surface area contributed by atoms with Crippen molar-refractivity contribution in [2.24, 2.45) is 11.8 Å². The van der Waals surface area contributed by atoms with Gasteiger partial charge in [-0.1, -0.05) is 68.7 Å². The van der Waals surface area contributed by atoms with Crippen LogP contribution in [0.1, 0.15) is 110 Å². The minimum Gasteiger partial charge on any atom is -0.459 e. The van der Waals surface area contributed by atoms with E-state index in [1.807, 2.05) is 18.2 Å². The summed E-state index contributed by atoms with van der Waals surface area (Å²) in [5.41, 5.74) is 10.4. The van der Waals surface area contributed by atoms with Crippen LogP contribution in [0.15, 0.2) is 72.8 Å². The molecule has 2 aliphatic rings. The molecular formula is C37H44F3NO2. The Morgan fingerprint density at radius 2 is 1.53 bits per heavy atom. The van der Waals surface area contributed by atoms with Gasteiger partial charge in [-0.2, -0.15) is 13.2 Å². The maximum atomic E-state index is 12.9. The number of unbranched alkanes of at least 4 members (excludes halogenated alkanes) is 1. The number of hydrogen-bond donors (Lipinski definition) is 1. The van der Waals surface area contributed by atoms with Crippen LogP contribution in [0, 0.1) is 11.8 Å². The Kier molecular flexibility index (Phi) is 9.83. The molecule has 3 aromatic carbocycles. The van der Waals surface area contributed by atoms with E-state index in [-0.39, 0.29) is 17.1 Å². The van der Waals surface area contributed by atoms with Crippen molar-refractivity contribution in [3.63, 3.8) is 0 Å². The van der Waals surface area contributed by atoms with Gasteiger partial charge in [0.15, 0.2) is 0 Å². The first-order chi connectivity index (χ1) is 20.7. The van der Waals surface area contributed by atoms with E-state index >= 15 is 0 Å². The summed E-state index contributed by atoms with van der Waals surface area (Å²) in [6.45, 7) is 2.26. The van der Waals surface area contributed by atoms with Gasteiger partial charge in [0, 0.05) is 5.69 Å². The SMILES string of the molecule is CCCCC1CCC(c2ccc(Cc3ccccc3N)cc2)(C2CCC(OC(=O)c3ccc(C(F)(F)F)cc3)CC2)CC1. The summed E-state index contributed by atoms with van der Waals surface area (Å²) in [4.78, 5) is 12.7. The minimum atomic E-state index is -4.43. The second-order valence-corrected chi connectivity index (χ2v) is 12.8. The highest BCUT2D eigenvalue weighted by molar-refractivity contribution is 5.89. The third kappa shape index (κ3) is 7.45. The van der Waals surface area contributed by atoms with Crippen molar-refractivity contribution in [3.8, 4) is 0 Å². The van der Waals surface area contributed by atoms with E-state index in [0.29, 0.717) is 5.92 Å². The summed E-state index contributed by atoms with van der Waals surface area (Å²) < 4.78 is 44.5. The molecular weight excluding hydrogens is 547 g/mol. The highest BCUT2D eigenvalue weighted by Crippen LogP contribution is 2.52. The van der Waals surface area contributed by atoms with Crippen LogP contribution in [0.3, 0.4) is 0 Å². The van der Waals surface area contributed by atoms with E-state index in [1.165, 1.54) is 68.2 Å². The number of rotatable bonds is 9. The van der Waals surface area contributed by atoms with Crippen LogP contribution in [-0.4, -0.2) is 12.1 Å². The van der Waals surface area contributed by atoms with Gasteiger partial charge in [-0.15, -0.1) is 0 Å². The first-order valence-electron chi connectivity index (χ1n) is 16.0. The lowest BCUT2D eigenvalue weighted by atomic mass is 9.56. The zero-order valence-electron chi connectivity index (χ0n) is 25.2. The Bertz CT molecular complexity index is 1330. The van der Waals surface area contributed by atoms with E-state index in [9.17, 15) is 18.0 Å². The average molecular weight is 592 g/mol. The number of halogens is 3. The second kappa shape index (κ2) is 13.6. The molecule has 0 saturated heterocycles. The van der Waals surface area contributed by atoms with E-state index in [1.54, 1.807) is 0 Å². The van der Waals surface area contributed by atoms with Crippen LogP contribution in [0.4, 0.5) is 18.9 Å². The number of ether oxygens (including phenoxy) is 1. The monoisotopic (exact) mass is 591 g/mol. The zero-order valence-corrected chi connectivity index (χ0v) is 25.2. The molecule has 0 bridgehead atoms. The fourth-order valence-electron chi connectivity index (χ4n) is 7.52. The number of carbonyl (C=O) groups excluding carboxylic acids is 1. The first kappa shape index (κ1) is 31.2. The summed E-state index contributed by atoms with van der Waals surface area (Å²) in [7, 11) is 0. The molecule has 0 aromatic heterocycles. The van der Waals surface area contributed by atoms with Gasteiger partial charge < -0.3 is 10.5 Å².